The van der Waals surface area contributed by atoms with E-state index < -0.39 is 18.2 Å². The third-order valence-corrected chi connectivity index (χ3v) is 2.05. The molecule has 0 saturated carbocycles. The van der Waals surface area contributed by atoms with Crippen LogP contribution in [0.4, 0.5) is 5.69 Å². The van der Waals surface area contributed by atoms with Crippen molar-refractivity contribution < 1.29 is 20.4 Å². The van der Waals surface area contributed by atoms with E-state index >= 15 is 0 Å². The summed E-state index contributed by atoms with van der Waals surface area (Å²) in [4.78, 5) is 0.581. The first-order valence-corrected chi connectivity index (χ1v) is 4.60. The Bertz CT molecular complexity index is 393. The highest BCUT2D eigenvalue weighted by Gasteiger charge is 2.41. The average molecular weight is 242 g/mol. The minimum atomic E-state index is -3.05. The highest BCUT2D eigenvalue weighted by molar-refractivity contribution is 5.95. The zero-order valence-electron chi connectivity index (χ0n) is 8.80. The molecule has 0 bridgehead atoms. The van der Waals surface area contributed by atoms with Gasteiger partial charge in [0, 0.05) is 5.69 Å². The van der Waals surface area contributed by atoms with Crippen molar-refractivity contribution in [3.05, 3.63) is 30.3 Å². The number of aliphatic hydroxyl groups is 4. The summed E-state index contributed by atoms with van der Waals surface area (Å²) >= 11 is 0. The number of para-hydroxylation sites is 1. The van der Waals surface area contributed by atoms with E-state index in [-0.39, 0.29) is 5.69 Å². The zero-order chi connectivity index (χ0) is 13.1. The van der Waals surface area contributed by atoms with Gasteiger partial charge in [0.05, 0.1) is 0 Å². The number of aliphatic hydroxyl groups excluding tert-OH is 1. The quantitative estimate of drug-likeness (QED) is 0.114. The standard InChI is InChI=1S/C9H14N4O4/c10-8(12-11)13(9(16,17)7(14)15)6-4-2-1-3-5-6/h1-5,7,14-17H,11H2,(H2,10,12). The highest BCUT2D eigenvalue weighted by Crippen LogP contribution is 2.22. The number of nitrogens with zero attached hydrogens (tertiary/aromatic N) is 2. The van der Waals surface area contributed by atoms with Crippen LogP contribution in [0.1, 0.15) is 0 Å². The average Bonchev–Trinajstić information content (AvgIpc) is 2.30. The van der Waals surface area contributed by atoms with Crippen LogP contribution in [0.5, 0.6) is 0 Å². The summed E-state index contributed by atoms with van der Waals surface area (Å²) in [7, 11) is 0. The van der Waals surface area contributed by atoms with Gasteiger partial charge in [0.2, 0.25) is 12.2 Å². The van der Waals surface area contributed by atoms with Crippen molar-refractivity contribution in [2.45, 2.75) is 12.2 Å². The molecule has 0 aromatic heterocycles. The maximum atomic E-state index is 9.57. The molecule has 0 unspecified atom stereocenters. The van der Waals surface area contributed by atoms with E-state index in [0.29, 0.717) is 4.90 Å². The van der Waals surface area contributed by atoms with Gasteiger partial charge < -0.3 is 32.0 Å². The second kappa shape index (κ2) is 4.97. The van der Waals surface area contributed by atoms with Gasteiger partial charge in [0.25, 0.3) is 0 Å². The summed E-state index contributed by atoms with van der Waals surface area (Å²) in [6, 6.07) is 7.78. The Morgan fingerprint density at radius 1 is 1.24 bits per heavy atom. The van der Waals surface area contributed by atoms with Gasteiger partial charge in [-0.15, -0.1) is 5.10 Å². The van der Waals surface area contributed by atoms with Crippen molar-refractivity contribution in [2.75, 3.05) is 4.90 Å². The van der Waals surface area contributed by atoms with Gasteiger partial charge in [-0.1, -0.05) is 18.2 Å². The molecular weight excluding hydrogens is 228 g/mol. The summed E-state index contributed by atoms with van der Waals surface area (Å²) in [6.07, 6.45) is -2.48. The lowest BCUT2D eigenvalue weighted by Crippen LogP contribution is -2.61. The van der Waals surface area contributed by atoms with Crippen LogP contribution in [-0.2, 0) is 0 Å². The van der Waals surface area contributed by atoms with Gasteiger partial charge in [0.1, 0.15) is 0 Å². The lowest BCUT2D eigenvalue weighted by atomic mass is 10.2. The van der Waals surface area contributed by atoms with Crippen LogP contribution in [0.2, 0.25) is 0 Å². The molecule has 0 aliphatic heterocycles. The van der Waals surface area contributed by atoms with Crippen molar-refractivity contribution in [3.63, 3.8) is 0 Å². The number of guanidine groups is 1. The van der Waals surface area contributed by atoms with E-state index in [9.17, 15) is 10.2 Å². The molecule has 8 nitrogen and oxygen atoms in total. The zero-order valence-corrected chi connectivity index (χ0v) is 8.80. The summed E-state index contributed by atoms with van der Waals surface area (Å²) in [6.45, 7) is 0. The molecule has 0 spiro atoms. The lowest BCUT2D eigenvalue weighted by molar-refractivity contribution is -0.282. The maximum Gasteiger partial charge on any atom is 0.307 e. The van der Waals surface area contributed by atoms with E-state index in [1.54, 1.807) is 18.2 Å². The second-order valence-corrected chi connectivity index (χ2v) is 3.22. The fourth-order valence-corrected chi connectivity index (χ4v) is 1.24. The van der Waals surface area contributed by atoms with Gasteiger partial charge >= 0.3 is 5.91 Å². The minimum absolute atomic E-state index is 0.178. The van der Waals surface area contributed by atoms with E-state index in [1.165, 1.54) is 12.1 Å². The Kier molecular flexibility index (Phi) is 3.86. The molecule has 8 N–H and O–H groups in total. The van der Waals surface area contributed by atoms with Crippen LogP contribution in [-0.4, -0.2) is 38.6 Å². The maximum absolute atomic E-state index is 9.57. The smallest absolute Gasteiger partial charge is 0.307 e. The van der Waals surface area contributed by atoms with Gasteiger partial charge in [0.15, 0.2) is 0 Å². The van der Waals surface area contributed by atoms with Gasteiger partial charge in [-0.05, 0) is 12.1 Å². The van der Waals surface area contributed by atoms with Gasteiger partial charge in [-0.2, -0.15) is 0 Å². The van der Waals surface area contributed by atoms with E-state index in [4.69, 9.17) is 21.8 Å². The molecule has 94 valence electrons. The van der Waals surface area contributed by atoms with E-state index in [2.05, 4.69) is 5.10 Å². The minimum Gasteiger partial charge on any atom is -0.368 e. The Morgan fingerprint density at radius 3 is 2.18 bits per heavy atom. The topological polar surface area (TPSA) is 149 Å². The van der Waals surface area contributed by atoms with Crippen molar-refractivity contribution in [2.24, 2.45) is 16.7 Å². The largest absolute Gasteiger partial charge is 0.368 e. The molecule has 1 aromatic rings. The van der Waals surface area contributed by atoms with Gasteiger partial charge in [-0.3, -0.25) is 4.90 Å². The van der Waals surface area contributed by atoms with Crippen molar-refractivity contribution in [1.29, 1.82) is 0 Å². The number of benzene rings is 1. The molecule has 0 radical (unpaired) electrons. The van der Waals surface area contributed by atoms with Crippen molar-refractivity contribution in [1.82, 2.24) is 0 Å². The molecular formula is C9H14N4O4. The van der Waals surface area contributed by atoms with Gasteiger partial charge in [-0.25, -0.2) is 0 Å². The monoisotopic (exact) mass is 242 g/mol. The van der Waals surface area contributed by atoms with E-state index in [0.717, 1.165) is 0 Å². The molecule has 0 fully saturated rings. The van der Waals surface area contributed by atoms with Crippen molar-refractivity contribution in [3.8, 4) is 0 Å². The molecule has 8 heteroatoms. The third-order valence-electron chi connectivity index (χ3n) is 2.05. The van der Waals surface area contributed by atoms with E-state index in [1.807, 2.05) is 0 Å². The molecule has 0 aliphatic rings. The first-order chi connectivity index (χ1) is 7.91. The number of nitrogens with two attached hydrogens (primary N) is 2. The molecule has 0 amide bonds. The molecule has 0 saturated heterocycles. The summed E-state index contributed by atoms with van der Waals surface area (Å²) in [5, 5.41) is 40.1. The Labute approximate surface area is 97.0 Å². The molecule has 0 aliphatic carbocycles. The fraction of sp³-hybridized carbons (Fsp3) is 0.222. The lowest BCUT2D eigenvalue weighted by Gasteiger charge is -2.36. The van der Waals surface area contributed by atoms with Crippen LogP contribution in [0, 0.1) is 0 Å². The predicted octanol–water partition coefficient (Wildman–Crippen LogP) is -2.37. The molecule has 1 aromatic carbocycles. The summed E-state index contributed by atoms with van der Waals surface area (Å²) in [5.74, 6) is 1.40. The number of anilines is 1. The normalized spacial score (nSPS) is 12.9. The number of hydrogen-bond donors (Lipinski definition) is 6. The third kappa shape index (κ3) is 2.63. The first kappa shape index (κ1) is 13.2. The number of hydrogen-bond acceptors (Lipinski definition) is 6. The van der Waals surface area contributed by atoms with Crippen LogP contribution in [0.3, 0.4) is 0 Å². The van der Waals surface area contributed by atoms with Crippen molar-refractivity contribution >= 4 is 11.6 Å². The second-order valence-electron chi connectivity index (χ2n) is 3.22. The number of rotatable bonds is 3. The number of hydrazone groups is 1. The van der Waals surface area contributed by atoms with Crippen LogP contribution < -0.4 is 16.5 Å². The molecule has 17 heavy (non-hydrogen) atoms. The Hall–Kier alpha value is -1.87. The predicted molar refractivity (Wildman–Crippen MR) is 60.1 cm³/mol. The summed E-state index contributed by atoms with van der Waals surface area (Å²) < 4.78 is 0. The Balaban J connectivity index is 3.24. The SMILES string of the molecule is N/N=C(\N)N(c1ccccc1)C(O)(O)C(O)O. The first-order valence-electron chi connectivity index (χ1n) is 4.60. The summed E-state index contributed by atoms with van der Waals surface area (Å²) in [5.41, 5.74) is 5.56. The molecule has 0 atom stereocenters. The molecule has 0 heterocycles. The van der Waals surface area contributed by atoms with Crippen LogP contribution in [0.25, 0.3) is 0 Å². The Morgan fingerprint density at radius 2 is 1.76 bits per heavy atom. The fourth-order valence-electron chi connectivity index (χ4n) is 1.24. The van der Waals surface area contributed by atoms with Crippen LogP contribution in [0.15, 0.2) is 35.4 Å². The van der Waals surface area contributed by atoms with Crippen LogP contribution >= 0.6 is 0 Å². The highest BCUT2D eigenvalue weighted by atomic mass is 16.6. The molecule has 1 rings (SSSR count).